The van der Waals surface area contributed by atoms with Crippen LogP contribution in [-0.4, -0.2) is 13.1 Å². The van der Waals surface area contributed by atoms with Gasteiger partial charge >= 0.3 is 5.97 Å². The molecule has 12 heavy (non-hydrogen) atoms. The van der Waals surface area contributed by atoms with E-state index < -0.39 is 0 Å². The Morgan fingerprint density at radius 2 is 1.92 bits per heavy atom. The fraction of sp³-hybridized carbons (Fsp3) is 0.900. The summed E-state index contributed by atoms with van der Waals surface area (Å²) in [7, 11) is 1.46. The molecule has 0 spiro atoms. The summed E-state index contributed by atoms with van der Waals surface area (Å²) in [5.41, 5.74) is 0.0170. The Labute approximate surface area is 75.3 Å². The van der Waals surface area contributed by atoms with Gasteiger partial charge in [0.15, 0.2) is 0 Å². The highest BCUT2D eigenvalue weighted by Gasteiger charge is 2.30. The molecule has 72 valence electrons. The lowest BCUT2D eigenvalue weighted by molar-refractivity contribution is -0.149. The molecule has 1 atom stereocenters. The van der Waals surface area contributed by atoms with Crippen molar-refractivity contribution in [2.24, 2.45) is 11.3 Å². The third kappa shape index (κ3) is 3.24. The molecule has 0 aliphatic rings. The van der Waals surface area contributed by atoms with Crippen molar-refractivity contribution in [3.8, 4) is 0 Å². The van der Waals surface area contributed by atoms with Gasteiger partial charge in [0.2, 0.25) is 0 Å². The third-order valence-corrected chi connectivity index (χ3v) is 2.11. The van der Waals surface area contributed by atoms with E-state index in [2.05, 4.69) is 27.7 Å². The Kier molecular flexibility index (Phi) is 4.29. The van der Waals surface area contributed by atoms with Gasteiger partial charge in [-0.2, -0.15) is 0 Å². The van der Waals surface area contributed by atoms with Gasteiger partial charge in [-0.25, -0.2) is 0 Å². The lowest BCUT2D eigenvalue weighted by Crippen LogP contribution is -2.29. The summed E-state index contributed by atoms with van der Waals surface area (Å²) in [5.74, 6) is -0.0446. The van der Waals surface area contributed by atoms with Gasteiger partial charge in [0.25, 0.3) is 0 Å². The molecule has 0 heterocycles. The summed E-state index contributed by atoms with van der Waals surface area (Å²) in [4.78, 5) is 11.3. The molecule has 2 heteroatoms. The van der Waals surface area contributed by atoms with Crippen LogP contribution in [0.5, 0.6) is 0 Å². The van der Waals surface area contributed by atoms with Gasteiger partial charge in [-0.1, -0.05) is 34.1 Å². The first kappa shape index (κ1) is 11.5. The molecule has 0 aromatic heterocycles. The Hall–Kier alpha value is -0.530. The van der Waals surface area contributed by atoms with E-state index in [9.17, 15) is 4.79 Å². The van der Waals surface area contributed by atoms with Crippen LogP contribution >= 0.6 is 0 Å². The number of rotatable bonds is 3. The summed E-state index contributed by atoms with van der Waals surface area (Å²) in [6.07, 6.45) is 1.94. The number of hydrogen-bond acceptors (Lipinski definition) is 2. The molecule has 2 nitrogen and oxygen atoms in total. The zero-order valence-corrected chi connectivity index (χ0v) is 8.81. The summed E-state index contributed by atoms with van der Waals surface area (Å²) in [5, 5.41) is 0. The molecule has 0 saturated heterocycles. The molecule has 1 unspecified atom stereocenters. The van der Waals surface area contributed by atoms with Crippen molar-refractivity contribution in [2.75, 3.05) is 7.11 Å². The van der Waals surface area contributed by atoms with Gasteiger partial charge < -0.3 is 4.74 Å². The lowest BCUT2D eigenvalue weighted by atomic mass is 9.78. The average molecular weight is 172 g/mol. The van der Waals surface area contributed by atoms with Gasteiger partial charge in [0.05, 0.1) is 13.0 Å². The highest BCUT2D eigenvalue weighted by molar-refractivity contribution is 5.73. The topological polar surface area (TPSA) is 26.3 Å². The van der Waals surface area contributed by atoms with Crippen molar-refractivity contribution >= 4 is 5.97 Å². The number of ether oxygens (including phenoxy) is 1. The molecule has 0 fully saturated rings. The number of esters is 1. The average Bonchev–Trinajstić information content (AvgIpc) is 1.96. The zero-order chi connectivity index (χ0) is 9.78. The van der Waals surface area contributed by atoms with Gasteiger partial charge in [-0.15, -0.1) is 0 Å². The second-order valence-electron chi connectivity index (χ2n) is 4.23. The first-order valence-corrected chi connectivity index (χ1v) is 4.51. The summed E-state index contributed by atoms with van der Waals surface area (Å²) >= 11 is 0. The van der Waals surface area contributed by atoms with E-state index >= 15 is 0 Å². The van der Waals surface area contributed by atoms with Gasteiger partial charge in [0, 0.05) is 0 Å². The molecule has 0 amide bonds. The Morgan fingerprint density at radius 1 is 1.42 bits per heavy atom. The van der Waals surface area contributed by atoms with Crippen LogP contribution in [-0.2, 0) is 9.53 Å². The van der Waals surface area contributed by atoms with Crippen LogP contribution in [0.3, 0.4) is 0 Å². The smallest absolute Gasteiger partial charge is 0.309 e. The van der Waals surface area contributed by atoms with Crippen LogP contribution in [0.2, 0.25) is 0 Å². The third-order valence-electron chi connectivity index (χ3n) is 2.11. The van der Waals surface area contributed by atoms with Crippen LogP contribution in [0.1, 0.15) is 40.5 Å². The maximum absolute atomic E-state index is 11.3. The van der Waals surface area contributed by atoms with Crippen molar-refractivity contribution < 1.29 is 9.53 Å². The fourth-order valence-corrected chi connectivity index (χ4v) is 1.34. The van der Waals surface area contributed by atoms with Crippen LogP contribution in [0.25, 0.3) is 0 Å². The van der Waals surface area contributed by atoms with E-state index in [-0.39, 0.29) is 17.3 Å². The maximum Gasteiger partial charge on any atom is 0.309 e. The van der Waals surface area contributed by atoms with Gasteiger partial charge in [0.1, 0.15) is 0 Å². The minimum Gasteiger partial charge on any atom is -0.469 e. The Morgan fingerprint density at radius 3 is 2.17 bits per heavy atom. The quantitative estimate of drug-likeness (QED) is 0.612. The normalized spacial score (nSPS) is 14.1. The van der Waals surface area contributed by atoms with Crippen LogP contribution < -0.4 is 0 Å². The largest absolute Gasteiger partial charge is 0.469 e. The first-order valence-electron chi connectivity index (χ1n) is 4.51. The highest BCUT2D eigenvalue weighted by atomic mass is 16.5. The van der Waals surface area contributed by atoms with Crippen molar-refractivity contribution in [1.82, 2.24) is 0 Å². The predicted molar refractivity (Wildman–Crippen MR) is 49.9 cm³/mol. The van der Waals surface area contributed by atoms with Crippen LogP contribution in [0, 0.1) is 11.3 Å². The van der Waals surface area contributed by atoms with Gasteiger partial charge in [-0.05, 0) is 11.8 Å². The zero-order valence-electron chi connectivity index (χ0n) is 8.81. The molecular weight excluding hydrogens is 152 g/mol. The molecule has 0 aliphatic carbocycles. The standard InChI is InChI=1S/C10H20O2/c1-6-7-8(9(11)12-5)10(2,3)4/h8H,6-7H2,1-5H3. The molecule has 0 N–H and O–H groups in total. The van der Waals surface area contributed by atoms with E-state index in [0.717, 1.165) is 12.8 Å². The van der Waals surface area contributed by atoms with Crippen LogP contribution in [0.15, 0.2) is 0 Å². The predicted octanol–water partition coefficient (Wildman–Crippen LogP) is 2.62. The molecule has 0 bridgehead atoms. The SMILES string of the molecule is CCCC(C(=O)OC)C(C)(C)C. The van der Waals surface area contributed by atoms with E-state index in [1.54, 1.807) is 0 Å². The molecule has 0 aliphatic heterocycles. The number of carbonyl (C=O) groups is 1. The second-order valence-corrected chi connectivity index (χ2v) is 4.23. The molecule has 0 rings (SSSR count). The Bertz CT molecular complexity index is 144. The van der Waals surface area contributed by atoms with Crippen molar-refractivity contribution in [1.29, 1.82) is 0 Å². The molecule has 0 radical (unpaired) electrons. The van der Waals surface area contributed by atoms with Crippen molar-refractivity contribution in [3.05, 3.63) is 0 Å². The highest BCUT2D eigenvalue weighted by Crippen LogP contribution is 2.30. The molecule has 0 aromatic rings. The summed E-state index contributed by atoms with van der Waals surface area (Å²) in [6, 6.07) is 0. The minimum atomic E-state index is -0.0793. The minimum absolute atomic E-state index is 0.0170. The van der Waals surface area contributed by atoms with Crippen molar-refractivity contribution in [2.45, 2.75) is 40.5 Å². The summed E-state index contributed by atoms with van der Waals surface area (Å²) in [6.45, 7) is 8.31. The van der Waals surface area contributed by atoms with E-state index in [1.807, 2.05) is 0 Å². The molecular formula is C10H20O2. The summed E-state index contributed by atoms with van der Waals surface area (Å²) < 4.78 is 4.75. The molecule has 0 aromatic carbocycles. The monoisotopic (exact) mass is 172 g/mol. The van der Waals surface area contributed by atoms with Crippen molar-refractivity contribution in [3.63, 3.8) is 0 Å². The lowest BCUT2D eigenvalue weighted by Gasteiger charge is -2.27. The number of carbonyl (C=O) groups excluding carboxylic acids is 1. The Balaban J connectivity index is 4.33. The van der Waals surface area contributed by atoms with E-state index in [1.165, 1.54) is 7.11 Å². The van der Waals surface area contributed by atoms with E-state index in [0.29, 0.717) is 0 Å². The number of methoxy groups -OCH3 is 1. The first-order chi connectivity index (χ1) is 5.43. The second kappa shape index (κ2) is 4.48. The van der Waals surface area contributed by atoms with Crippen LogP contribution in [0.4, 0.5) is 0 Å². The maximum atomic E-state index is 11.3. The fourth-order valence-electron chi connectivity index (χ4n) is 1.34. The molecule has 0 saturated carbocycles. The number of hydrogen-bond donors (Lipinski definition) is 0. The van der Waals surface area contributed by atoms with E-state index in [4.69, 9.17) is 4.74 Å². The van der Waals surface area contributed by atoms with Gasteiger partial charge in [-0.3, -0.25) is 4.79 Å².